The zero-order valence-corrected chi connectivity index (χ0v) is 14.0. The Kier molecular flexibility index (Phi) is 5.38. The zero-order valence-electron chi connectivity index (χ0n) is 14.0. The maximum absolute atomic E-state index is 13.4. The molecule has 0 aliphatic carbocycles. The quantitative estimate of drug-likeness (QED) is 0.818. The third kappa shape index (κ3) is 4.02. The lowest BCUT2D eigenvalue weighted by Crippen LogP contribution is -2.39. The van der Waals surface area contributed by atoms with Crippen LogP contribution in [-0.2, 0) is 11.2 Å². The summed E-state index contributed by atoms with van der Waals surface area (Å²) in [5.74, 6) is 0.768. The van der Waals surface area contributed by atoms with Gasteiger partial charge in [-0.05, 0) is 30.2 Å². The van der Waals surface area contributed by atoms with Crippen LogP contribution in [0.15, 0.2) is 42.5 Å². The second kappa shape index (κ2) is 7.88. The largest absolute Gasteiger partial charge is 0.493 e. The second-order valence-corrected chi connectivity index (χ2v) is 5.73. The van der Waals surface area contributed by atoms with E-state index in [-0.39, 0.29) is 24.2 Å². The Morgan fingerprint density at radius 2 is 2.04 bits per heavy atom. The number of hydrogen-bond acceptors (Lipinski definition) is 4. The van der Waals surface area contributed by atoms with Crippen LogP contribution >= 0.6 is 0 Å². The maximum atomic E-state index is 13.4. The van der Waals surface area contributed by atoms with Gasteiger partial charge in [0.1, 0.15) is 13.2 Å². The molecular weight excluding hydrogens is 325 g/mol. The first-order chi connectivity index (χ1) is 12.2. The molecular formula is C19H20FNO4. The molecule has 1 aliphatic heterocycles. The summed E-state index contributed by atoms with van der Waals surface area (Å²) < 4.78 is 29.7. The summed E-state index contributed by atoms with van der Waals surface area (Å²) in [7, 11) is 1.59. The van der Waals surface area contributed by atoms with Gasteiger partial charge in [-0.3, -0.25) is 4.79 Å². The topological polar surface area (TPSA) is 56.8 Å². The summed E-state index contributed by atoms with van der Waals surface area (Å²) >= 11 is 0. The molecule has 3 rings (SSSR count). The Labute approximate surface area is 145 Å². The van der Waals surface area contributed by atoms with Gasteiger partial charge in [-0.25, -0.2) is 4.39 Å². The average Bonchev–Trinajstić information content (AvgIpc) is 2.65. The number of nitrogens with one attached hydrogen (secondary N) is 1. The number of rotatable bonds is 6. The Bertz CT molecular complexity index is 750. The molecule has 132 valence electrons. The first-order valence-electron chi connectivity index (χ1n) is 8.12. The normalized spacial score (nSPS) is 15.7. The fourth-order valence-corrected chi connectivity index (χ4v) is 2.76. The van der Waals surface area contributed by atoms with Crippen molar-refractivity contribution in [2.45, 2.75) is 6.42 Å². The van der Waals surface area contributed by atoms with E-state index in [4.69, 9.17) is 14.2 Å². The molecule has 6 heteroatoms. The highest BCUT2D eigenvalue weighted by Crippen LogP contribution is 2.35. The zero-order chi connectivity index (χ0) is 17.6. The molecule has 0 bridgehead atoms. The highest BCUT2D eigenvalue weighted by Gasteiger charge is 2.27. The van der Waals surface area contributed by atoms with E-state index in [1.807, 2.05) is 18.2 Å². The van der Waals surface area contributed by atoms with Gasteiger partial charge >= 0.3 is 0 Å². The number of hydrogen-bond donors (Lipinski definition) is 1. The van der Waals surface area contributed by atoms with Crippen LogP contribution in [0.25, 0.3) is 0 Å². The minimum atomic E-state index is -0.417. The first kappa shape index (κ1) is 17.1. The number of carbonyl (C=O) groups is 1. The number of carbonyl (C=O) groups excluding carboxylic acids is 1. The molecule has 1 unspecified atom stereocenters. The van der Waals surface area contributed by atoms with E-state index >= 15 is 0 Å². The van der Waals surface area contributed by atoms with Crippen molar-refractivity contribution in [2.24, 2.45) is 5.92 Å². The van der Waals surface area contributed by atoms with Crippen molar-refractivity contribution in [2.75, 3.05) is 26.9 Å². The van der Waals surface area contributed by atoms with Crippen molar-refractivity contribution in [3.63, 3.8) is 0 Å². The van der Waals surface area contributed by atoms with Gasteiger partial charge in [0, 0.05) is 0 Å². The Morgan fingerprint density at radius 3 is 2.84 bits per heavy atom. The third-order valence-electron chi connectivity index (χ3n) is 4.04. The van der Waals surface area contributed by atoms with E-state index in [2.05, 4.69) is 5.32 Å². The lowest BCUT2D eigenvalue weighted by molar-refractivity contribution is -0.126. The van der Waals surface area contributed by atoms with Gasteiger partial charge in [-0.2, -0.15) is 0 Å². The lowest BCUT2D eigenvalue weighted by atomic mass is 9.95. The monoisotopic (exact) mass is 345 g/mol. The van der Waals surface area contributed by atoms with Gasteiger partial charge in [-0.1, -0.05) is 24.3 Å². The second-order valence-electron chi connectivity index (χ2n) is 5.73. The van der Waals surface area contributed by atoms with Crippen molar-refractivity contribution in [1.82, 2.24) is 5.32 Å². The molecule has 0 radical (unpaired) electrons. The summed E-state index contributed by atoms with van der Waals surface area (Å²) in [6.45, 7) is 0.798. The van der Waals surface area contributed by atoms with E-state index in [1.54, 1.807) is 25.3 Å². The first-order valence-corrected chi connectivity index (χ1v) is 8.12. The van der Waals surface area contributed by atoms with Crippen molar-refractivity contribution in [3.05, 3.63) is 53.8 Å². The van der Waals surface area contributed by atoms with Crippen LogP contribution in [0.1, 0.15) is 5.56 Å². The average molecular weight is 345 g/mol. The van der Waals surface area contributed by atoms with Crippen LogP contribution in [0.4, 0.5) is 4.39 Å². The van der Waals surface area contributed by atoms with Crippen LogP contribution < -0.4 is 19.5 Å². The minimum absolute atomic E-state index is 0.106. The summed E-state index contributed by atoms with van der Waals surface area (Å²) in [6.07, 6.45) is 0.590. The molecule has 1 aliphatic rings. The molecule has 0 aromatic heterocycles. The van der Waals surface area contributed by atoms with Gasteiger partial charge in [0.2, 0.25) is 5.91 Å². The summed E-state index contributed by atoms with van der Waals surface area (Å²) in [6, 6.07) is 11.8. The fraction of sp³-hybridized carbons (Fsp3) is 0.316. The summed E-state index contributed by atoms with van der Waals surface area (Å²) in [5.41, 5.74) is 0.952. The van der Waals surface area contributed by atoms with E-state index in [9.17, 15) is 9.18 Å². The number of ether oxygens (including phenoxy) is 3. The predicted octanol–water partition coefficient (Wildman–Crippen LogP) is 2.58. The lowest BCUT2D eigenvalue weighted by Gasteiger charge is -2.25. The molecule has 1 atom stereocenters. The van der Waals surface area contributed by atoms with E-state index in [1.165, 1.54) is 6.07 Å². The Balaban J connectivity index is 1.48. The van der Waals surface area contributed by atoms with Gasteiger partial charge in [-0.15, -0.1) is 0 Å². The predicted molar refractivity (Wildman–Crippen MR) is 90.6 cm³/mol. The van der Waals surface area contributed by atoms with Gasteiger partial charge in [0.05, 0.1) is 19.6 Å². The van der Waals surface area contributed by atoms with Crippen LogP contribution in [0, 0.1) is 11.7 Å². The van der Waals surface area contributed by atoms with Crippen LogP contribution in [-0.4, -0.2) is 32.8 Å². The fourth-order valence-electron chi connectivity index (χ4n) is 2.76. The van der Waals surface area contributed by atoms with Gasteiger partial charge in [0.25, 0.3) is 0 Å². The maximum Gasteiger partial charge on any atom is 0.227 e. The standard InChI is InChI=1S/C19H20FNO4/c1-23-17-8-4-5-13-11-14(12-25-18(13)17)19(22)21-9-10-24-16-7-3-2-6-15(16)20/h2-8,14H,9-12H2,1H3,(H,21,22). The smallest absolute Gasteiger partial charge is 0.227 e. The number of fused-ring (bicyclic) bond motifs is 1. The molecule has 1 N–H and O–H groups in total. The van der Waals surface area contributed by atoms with Crippen molar-refractivity contribution >= 4 is 5.91 Å². The number of halogens is 1. The molecule has 2 aromatic carbocycles. The molecule has 0 spiro atoms. The SMILES string of the molecule is COc1cccc2c1OCC(C(=O)NCCOc1ccccc1F)C2. The van der Waals surface area contributed by atoms with Crippen LogP contribution in [0.3, 0.4) is 0 Å². The highest BCUT2D eigenvalue weighted by atomic mass is 19.1. The Morgan fingerprint density at radius 1 is 1.24 bits per heavy atom. The van der Waals surface area contributed by atoms with E-state index < -0.39 is 5.82 Å². The molecule has 5 nitrogen and oxygen atoms in total. The van der Waals surface area contributed by atoms with Gasteiger partial charge in [0.15, 0.2) is 23.1 Å². The van der Waals surface area contributed by atoms with Crippen LogP contribution in [0.5, 0.6) is 17.2 Å². The Hall–Kier alpha value is -2.76. The molecule has 0 saturated heterocycles. The minimum Gasteiger partial charge on any atom is -0.493 e. The molecule has 0 saturated carbocycles. The molecule has 25 heavy (non-hydrogen) atoms. The number of methoxy groups -OCH3 is 1. The van der Waals surface area contributed by atoms with Crippen molar-refractivity contribution in [1.29, 1.82) is 0 Å². The molecule has 1 heterocycles. The summed E-state index contributed by atoms with van der Waals surface area (Å²) in [5, 5.41) is 2.80. The number of amides is 1. The molecule has 0 fully saturated rings. The van der Waals surface area contributed by atoms with Crippen molar-refractivity contribution in [3.8, 4) is 17.2 Å². The van der Waals surface area contributed by atoms with E-state index in [0.29, 0.717) is 31.1 Å². The highest BCUT2D eigenvalue weighted by molar-refractivity contribution is 5.79. The number of benzene rings is 2. The third-order valence-corrected chi connectivity index (χ3v) is 4.04. The molecule has 2 aromatic rings. The van der Waals surface area contributed by atoms with Crippen molar-refractivity contribution < 1.29 is 23.4 Å². The summed E-state index contributed by atoms with van der Waals surface area (Å²) in [4.78, 5) is 12.3. The van der Waals surface area contributed by atoms with Gasteiger partial charge < -0.3 is 19.5 Å². The van der Waals surface area contributed by atoms with E-state index in [0.717, 1.165) is 5.56 Å². The van der Waals surface area contributed by atoms with Crippen LogP contribution in [0.2, 0.25) is 0 Å². The molecule has 1 amide bonds. The number of para-hydroxylation sites is 2.